The van der Waals surface area contributed by atoms with Crippen LogP contribution in [0.4, 0.5) is 5.13 Å². The molecule has 0 spiro atoms. The molecule has 0 saturated carbocycles. The summed E-state index contributed by atoms with van der Waals surface area (Å²) in [6.45, 7) is 7.79. The third-order valence-corrected chi connectivity index (χ3v) is 5.92. The molecule has 26 heavy (non-hydrogen) atoms. The summed E-state index contributed by atoms with van der Waals surface area (Å²) < 4.78 is 5.37. The number of carbonyl (C=O) groups excluding carboxylic acids is 1. The highest BCUT2D eigenvalue weighted by molar-refractivity contribution is 7.14. The van der Waals surface area contributed by atoms with E-state index < -0.39 is 5.41 Å². The first-order valence-electron chi connectivity index (χ1n) is 8.58. The molecule has 1 aromatic carbocycles. The quantitative estimate of drug-likeness (QED) is 0.824. The maximum absolute atomic E-state index is 12.8. The summed E-state index contributed by atoms with van der Waals surface area (Å²) in [4.78, 5) is 17.4. The molecule has 7 heteroatoms. The average molecular weight is 396 g/mol. The zero-order valence-electron chi connectivity index (χ0n) is 15.4. The average Bonchev–Trinajstić information content (AvgIpc) is 3.06. The number of aromatic nitrogens is 1. The van der Waals surface area contributed by atoms with Crippen molar-refractivity contribution in [1.29, 1.82) is 0 Å². The molecule has 0 atom stereocenters. The molecule has 0 unspecified atom stereocenters. The number of nitrogens with two attached hydrogens (primary N) is 1. The van der Waals surface area contributed by atoms with Crippen molar-refractivity contribution in [3.63, 3.8) is 0 Å². The van der Waals surface area contributed by atoms with E-state index in [0.717, 1.165) is 11.3 Å². The normalized spacial score (nSPS) is 16.0. The number of rotatable bonds is 4. The van der Waals surface area contributed by atoms with Crippen LogP contribution < -0.4 is 11.1 Å². The lowest BCUT2D eigenvalue weighted by Gasteiger charge is -2.34. The van der Waals surface area contributed by atoms with E-state index in [9.17, 15) is 4.79 Å². The van der Waals surface area contributed by atoms with Crippen molar-refractivity contribution in [3.8, 4) is 11.3 Å². The fourth-order valence-electron chi connectivity index (χ4n) is 3.21. The van der Waals surface area contributed by atoms with Crippen LogP contribution in [-0.2, 0) is 9.53 Å². The van der Waals surface area contributed by atoms with Crippen LogP contribution in [0.3, 0.4) is 0 Å². The Balaban J connectivity index is 0.00000243. The number of aryl methyl sites for hydroxylation is 3. The van der Waals surface area contributed by atoms with Crippen LogP contribution in [0.15, 0.2) is 17.5 Å². The van der Waals surface area contributed by atoms with Gasteiger partial charge in [-0.15, -0.1) is 23.7 Å². The minimum absolute atomic E-state index is 0. The number of nitrogens with one attached hydrogen (secondary N) is 1. The van der Waals surface area contributed by atoms with Crippen LogP contribution in [0.2, 0.25) is 0 Å². The van der Waals surface area contributed by atoms with Gasteiger partial charge in [-0.2, -0.15) is 0 Å². The molecular formula is C19H26ClN3O2S. The van der Waals surface area contributed by atoms with Crippen molar-refractivity contribution >= 4 is 34.8 Å². The van der Waals surface area contributed by atoms with Gasteiger partial charge in [0.2, 0.25) is 5.91 Å². The first kappa shape index (κ1) is 20.8. The molecule has 1 fully saturated rings. The van der Waals surface area contributed by atoms with Gasteiger partial charge in [0, 0.05) is 30.7 Å². The molecule has 1 saturated heterocycles. The maximum atomic E-state index is 12.8. The highest BCUT2D eigenvalue weighted by Gasteiger charge is 2.39. The van der Waals surface area contributed by atoms with Gasteiger partial charge in [-0.05, 0) is 56.4 Å². The Morgan fingerprint density at radius 3 is 2.54 bits per heavy atom. The number of carbonyl (C=O) groups is 1. The maximum Gasteiger partial charge on any atom is 0.233 e. The smallest absolute Gasteiger partial charge is 0.233 e. The Bertz CT molecular complexity index is 785. The monoisotopic (exact) mass is 395 g/mol. The molecule has 0 bridgehead atoms. The minimum atomic E-state index is -0.541. The van der Waals surface area contributed by atoms with E-state index in [4.69, 9.17) is 10.5 Å². The van der Waals surface area contributed by atoms with Gasteiger partial charge < -0.3 is 15.8 Å². The molecule has 2 heterocycles. The summed E-state index contributed by atoms with van der Waals surface area (Å²) >= 11 is 1.45. The predicted octanol–water partition coefficient (Wildman–Crippen LogP) is 3.85. The van der Waals surface area contributed by atoms with Crippen LogP contribution in [0.1, 0.15) is 29.5 Å². The lowest BCUT2D eigenvalue weighted by Crippen LogP contribution is -2.46. The molecule has 5 nitrogen and oxygen atoms in total. The van der Waals surface area contributed by atoms with Crippen molar-refractivity contribution in [3.05, 3.63) is 34.2 Å². The molecule has 3 N–H and O–H groups in total. The van der Waals surface area contributed by atoms with E-state index in [1.165, 1.54) is 28.0 Å². The number of hydrogen-bond acceptors (Lipinski definition) is 5. The predicted molar refractivity (Wildman–Crippen MR) is 109 cm³/mol. The summed E-state index contributed by atoms with van der Waals surface area (Å²) in [5.41, 5.74) is 11.1. The lowest BCUT2D eigenvalue weighted by atomic mass is 9.79. The van der Waals surface area contributed by atoms with Crippen LogP contribution in [-0.4, -0.2) is 30.6 Å². The highest BCUT2D eigenvalue weighted by atomic mass is 35.5. The zero-order chi connectivity index (χ0) is 18.0. The Morgan fingerprint density at radius 1 is 1.23 bits per heavy atom. The van der Waals surface area contributed by atoms with E-state index in [1.807, 2.05) is 5.38 Å². The van der Waals surface area contributed by atoms with Crippen molar-refractivity contribution < 1.29 is 9.53 Å². The van der Waals surface area contributed by atoms with Gasteiger partial charge in [0.05, 0.1) is 11.1 Å². The van der Waals surface area contributed by atoms with Crippen LogP contribution in [0.25, 0.3) is 11.3 Å². The van der Waals surface area contributed by atoms with E-state index >= 15 is 0 Å². The molecule has 2 aromatic rings. The lowest BCUT2D eigenvalue weighted by molar-refractivity contribution is -0.130. The summed E-state index contributed by atoms with van der Waals surface area (Å²) in [5.74, 6) is -0.0454. The summed E-state index contributed by atoms with van der Waals surface area (Å²) in [7, 11) is 0. The molecule has 142 valence electrons. The van der Waals surface area contributed by atoms with Crippen LogP contribution >= 0.6 is 23.7 Å². The largest absolute Gasteiger partial charge is 0.381 e. The Kier molecular flexibility index (Phi) is 6.80. The Hall–Kier alpha value is -1.47. The van der Waals surface area contributed by atoms with Crippen LogP contribution in [0, 0.1) is 26.2 Å². The molecule has 1 aliphatic heterocycles. The number of hydrogen-bond donors (Lipinski definition) is 2. The topological polar surface area (TPSA) is 77.2 Å². The first-order chi connectivity index (χ1) is 11.9. The second-order valence-corrected chi connectivity index (χ2v) is 7.70. The van der Waals surface area contributed by atoms with E-state index in [1.54, 1.807) is 0 Å². The number of thiazole rings is 1. The minimum Gasteiger partial charge on any atom is -0.381 e. The summed E-state index contributed by atoms with van der Waals surface area (Å²) in [5, 5.41) is 5.59. The van der Waals surface area contributed by atoms with E-state index in [0.29, 0.717) is 37.7 Å². The van der Waals surface area contributed by atoms with Crippen molar-refractivity contribution in [2.75, 3.05) is 25.1 Å². The SMILES string of the molecule is Cc1cc(C)c(-c2csc(NC(=O)C3(CN)CCOCC3)n2)cc1C.Cl. The number of nitrogens with zero attached hydrogens (tertiary/aromatic N) is 1. The van der Waals surface area contributed by atoms with Gasteiger partial charge in [-0.25, -0.2) is 4.98 Å². The molecule has 1 aliphatic rings. The number of ether oxygens (including phenoxy) is 1. The van der Waals surface area contributed by atoms with Crippen molar-refractivity contribution in [1.82, 2.24) is 4.98 Å². The number of benzene rings is 1. The highest BCUT2D eigenvalue weighted by Crippen LogP contribution is 2.33. The molecule has 3 rings (SSSR count). The van der Waals surface area contributed by atoms with Gasteiger partial charge in [0.1, 0.15) is 0 Å². The molecule has 0 radical (unpaired) electrons. The molecular weight excluding hydrogens is 370 g/mol. The van der Waals surface area contributed by atoms with Gasteiger partial charge in [0.15, 0.2) is 5.13 Å². The molecule has 1 aromatic heterocycles. The van der Waals surface area contributed by atoms with Gasteiger partial charge in [-0.3, -0.25) is 4.79 Å². The van der Waals surface area contributed by atoms with Crippen molar-refractivity contribution in [2.45, 2.75) is 33.6 Å². The molecule has 1 amide bonds. The number of amides is 1. The van der Waals surface area contributed by atoms with E-state index in [2.05, 4.69) is 43.2 Å². The summed E-state index contributed by atoms with van der Waals surface area (Å²) in [6.07, 6.45) is 1.31. The van der Waals surface area contributed by atoms with Gasteiger partial charge in [0.25, 0.3) is 0 Å². The Labute approximate surface area is 164 Å². The standard InChI is InChI=1S/C19H25N3O2S.ClH/c1-12-8-14(3)15(9-13(12)2)16-10-25-18(21-16)22-17(23)19(11-20)4-6-24-7-5-19;/h8-10H,4-7,11,20H2,1-3H3,(H,21,22,23);1H. The van der Waals surface area contributed by atoms with Crippen LogP contribution in [0.5, 0.6) is 0 Å². The fraction of sp³-hybridized carbons (Fsp3) is 0.474. The number of halogens is 1. The van der Waals surface area contributed by atoms with Gasteiger partial charge >= 0.3 is 0 Å². The zero-order valence-corrected chi connectivity index (χ0v) is 17.1. The third-order valence-electron chi connectivity index (χ3n) is 5.16. The summed E-state index contributed by atoms with van der Waals surface area (Å²) in [6, 6.07) is 4.33. The molecule has 0 aliphatic carbocycles. The van der Waals surface area contributed by atoms with E-state index in [-0.39, 0.29) is 18.3 Å². The Morgan fingerprint density at radius 2 is 1.88 bits per heavy atom. The third kappa shape index (κ3) is 4.09. The first-order valence-corrected chi connectivity index (χ1v) is 9.46. The second-order valence-electron chi connectivity index (χ2n) is 6.84. The fourth-order valence-corrected chi connectivity index (χ4v) is 3.91. The number of anilines is 1. The second kappa shape index (κ2) is 8.48. The van der Waals surface area contributed by atoms with Crippen molar-refractivity contribution in [2.24, 2.45) is 11.1 Å². The van der Waals surface area contributed by atoms with Gasteiger partial charge in [-0.1, -0.05) is 6.07 Å².